The summed E-state index contributed by atoms with van der Waals surface area (Å²) in [5, 5.41) is 6.34. The molecule has 0 bridgehead atoms. The van der Waals surface area contributed by atoms with Crippen molar-refractivity contribution in [1.82, 2.24) is 0 Å². The van der Waals surface area contributed by atoms with Gasteiger partial charge in [0.25, 0.3) is 5.91 Å². The monoisotopic (exact) mass is 350 g/mol. The number of hydrogen-bond acceptors (Lipinski definition) is 2. The third-order valence-electron chi connectivity index (χ3n) is 3.35. The van der Waals surface area contributed by atoms with Crippen LogP contribution in [0, 0.1) is 6.92 Å². The van der Waals surface area contributed by atoms with Gasteiger partial charge in [0.2, 0.25) is 5.91 Å². The predicted molar refractivity (Wildman–Crippen MR) is 94.5 cm³/mol. The SMILES string of the molecule is CCC(=O)Nc1cccc(NC(=O)c2ccc(Cl)cc2Cl)c1C. The molecule has 0 aliphatic rings. The number of anilines is 2. The van der Waals surface area contributed by atoms with Gasteiger partial charge >= 0.3 is 0 Å². The van der Waals surface area contributed by atoms with Crippen LogP contribution in [0.2, 0.25) is 10.0 Å². The zero-order valence-corrected chi connectivity index (χ0v) is 14.3. The number of carbonyl (C=O) groups is 2. The second-order valence-electron chi connectivity index (χ2n) is 4.96. The quantitative estimate of drug-likeness (QED) is 0.823. The zero-order valence-electron chi connectivity index (χ0n) is 12.7. The summed E-state index contributed by atoms with van der Waals surface area (Å²) in [6.45, 7) is 3.60. The number of hydrogen-bond donors (Lipinski definition) is 2. The van der Waals surface area contributed by atoms with Crippen LogP contribution in [0.3, 0.4) is 0 Å². The van der Waals surface area contributed by atoms with Crippen molar-refractivity contribution in [2.24, 2.45) is 0 Å². The van der Waals surface area contributed by atoms with Crippen molar-refractivity contribution in [1.29, 1.82) is 0 Å². The van der Waals surface area contributed by atoms with Crippen LogP contribution in [0.15, 0.2) is 36.4 Å². The van der Waals surface area contributed by atoms with Crippen LogP contribution in [0.25, 0.3) is 0 Å². The van der Waals surface area contributed by atoms with Crippen molar-refractivity contribution in [3.05, 3.63) is 57.6 Å². The minimum atomic E-state index is -0.339. The Labute approximate surface area is 144 Å². The highest BCUT2D eigenvalue weighted by molar-refractivity contribution is 6.37. The summed E-state index contributed by atoms with van der Waals surface area (Å²) in [6.07, 6.45) is 0.385. The molecule has 0 aromatic heterocycles. The summed E-state index contributed by atoms with van der Waals surface area (Å²) in [6, 6.07) is 10.00. The lowest BCUT2D eigenvalue weighted by molar-refractivity contribution is -0.115. The van der Waals surface area contributed by atoms with Gasteiger partial charge in [-0.1, -0.05) is 36.2 Å². The molecule has 2 N–H and O–H groups in total. The number of amides is 2. The van der Waals surface area contributed by atoms with E-state index in [0.717, 1.165) is 5.56 Å². The summed E-state index contributed by atoms with van der Waals surface area (Å²) in [4.78, 5) is 23.9. The molecule has 0 saturated carbocycles. The molecule has 0 aliphatic carbocycles. The molecular weight excluding hydrogens is 335 g/mol. The molecule has 4 nitrogen and oxygen atoms in total. The van der Waals surface area contributed by atoms with E-state index in [2.05, 4.69) is 10.6 Å². The van der Waals surface area contributed by atoms with Crippen molar-refractivity contribution in [3.8, 4) is 0 Å². The van der Waals surface area contributed by atoms with Gasteiger partial charge in [-0.25, -0.2) is 0 Å². The molecule has 0 spiro atoms. The molecule has 0 aliphatic heterocycles. The summed E-state index contributed by atoms with van der Waals surface area (Å²) in [5.74, 6) is -0.425. The third-order valence-corrected chi connectivity index (χ3v) is 3.90. The average molecular weight is 351 g/mol. The molecule has 0 heterocycles. The lowest BCUT2D eigenvalue weighted by Gasteiger charge is -2.13. The molecule has 6 heteroatoms. The van der Waals surface area contributed by atoms with E-state index in [1.54, 1.807) is 37.3 Å². The Morgan fingerprint density at radius 2 is 1.70 bits per heavy atom. The van der Waals surface area contributed by atoms with Crippen LogP contribution in [0.5, 0.6) is 0 Å². The van der Waals surface area contributed by atoms with Gasteiger partial charge in [-0.15, -0.1) is 0 Å². The smallest absolute Gasteiger partial charge is 0.257 e. The maximum Gasteiger partial charge on any atom is 0.257 e. The van der Waals surface area contributed by atoms with Crippen molar-refractivity contribution in [2.75, 3.05) is 10.6 Å². The third kappa shape index (κ3) is 4.24. The summed E-state index contributed by atoms with van der Waals surface area (Å²) >= 11 is 11.9. The van der Waals surface area contributed by atoms with Crippen molar-refractivity contribution >= 4 is 46.4 Å². The molecule has 2 amide bonds. The van der Waals surface area contributed by atoms with Gasteiger partial charge in [-0.2, -0.15) is 0 Å². The number of benzene rings is 2. The Kier molecular flexibility index (Phi) is 5.64. The predicted octanol–water partition coefficient (Wildman–Crippen LogP) is 4.90. The van der Waals surface area contributed by atoms with Gasteiger partial charge in [0.1, 0.15) is 0 Å². The first-order valence-corrected chi connectivity index (χ1v) is 7.83. The minimum Gasteiger partial charge on any atom is -0.326 e. The van der Waals surface area contributed by atoms with Gasteiger partial charge < -0.3 is 10.6 Å². The van der Waals surface area contributed by atoms with Crippen LogP contribution < -0.4 is 10.6 Å². The Morgan fingerprint density at radius 3 is 2.30 bits per heavy atom. The number of rotatable bonds is 4. The van der Waals surface area contributed by atoms with Crippen LogP contribution in [0.4, 0.5) is 11.4 Å². The fraction of sp³-hybridized carbons (Fsp3) is 0.176. The minimum absolute atomic E-state index is 0.0858. The molecular formula is C17H16Cl2N2O2. The van der Waals surface area contributed by atoms with Crippen molar-refractivity contribution in [3.63, 3.8) is 0 Å². The maximum atomic E-state index is 12.4. The van der Waals surface area contributed by atoms with Crippen LogP contribution in [-0.2, 0) is 4.79 Å². The van der Waals surface area contributed by atoms with E-state index in [1.165, 1.54) is 6.07 Å². The lowest BCUT2D eigenvalue weighted by Crippen LogP contribution is -2.15. The zero-order chi connectivity index (χ0) is 17.0. The lowest BCUT2D eigenvalue weighted by atomic mass is 10.1. The molecule has 2 aromatic carbocycles. The van der Waals surface area contributed by atoms with E-state index < -0.39 is 0 Å². The van der Waals surface area contributed by atoms with Crippen molar-refractivity contribution in [2.45, 2.75) is 20.3 Å². The topological polar surface area (TPSA) is 58.2 Å². The molecule has 23 heavy (non-hydrogen) atoms. The van der Waals surface area contributed by atoms with Crippen LogP contribution in [-0.4, -0.2) is 11.8 Å². The molecule has 120 valence electrons. The molecule has 2 aromatic rings. The standard InChI is InChI=1S/C17H16Cl2N2O2/c1-3-16(22)20-14-5-4-6-15(10(14)2)21-17(23)12-8-7-11(18)9-13(12)19/h4-9H,3H2,1-2H3,(H,20,22)(H,21,23). The highest BCUT2D eigenvalue weighted by Gasteiger charge is 2.13. The largest absolute Gasteiger partial charge is 0.326 e. The van der Waals surface area contributed by atoms with Gasteiger partial charge in [0, 0.05) is 22.8 Å². The highest BCUT2D eigenvalue weighted by atomic mass is 35.5. The molecule has 0 saturated heterocycles. The van der Waals surface area contributed by atoms with Gasteiger partial charge in [0.15, 0.2) is 0 Å². The Hall–Kier alpha value is -2.04. The van der Waals surface area contributed by atoms with E-state index in [-0.39, 0.29) is 16.8 Å². The van der Waals surface area contributed by atoms with Crippen LogP contribution in [0.1, 0.15) is 29.3 Å². The van der Waals surface area contributed by atoms with Gasteiger partial charge in [0.05, 0.1) is 10.6 Å². The van der Waals surface area contributed by atoms with Crippen LogP contribution >= 0.6 is 23.2 Å². The van der Waals surface area contributed by atoms with E-state index in [4.69, 9.17) is 23.2 Å². The second-order valence-corrected chi connectivity index (χ2v) is 5.80. The van der Waals surface area contributed by atoms with E-state index in [9.17, 15) is 9.59 Å². The van der Waals surface area contributed by atoms with E-state index in [1.807, 2.05) is 6.92 Å². The molecule has 0 fully saturated rings. The Morgan fingerprint density at radius 1 is 1.04 bits per heavy atom. The van der Waals surface area contributed by atoms with E-state index in [0.29, 0.717) is 28.4 Å². The van der Waals surface area contributed by atoms with Crippen molar-refractivity contribution < 1.29 is 9.59 Å². The maximum absolute atomic E-state index is 12.4. The fourth-order valence-corrected chi connectivity index (χ4v) is 2.50. The first-order valence-electron chi connectivity index (χ1n) is 7.08. The summed E-state index contributed by atoms with van der Waals surface area (Å²) in [7, 11) is 0. The van der Waals surface area contributed by atoms with E-state index >= 15 is 0 Å². The molecule has 2 rings (SSSR count). The fourth-order valence-electron chi connectivity index (χ4n) is 2.01. The first-order chi connectivity index (χ1) is 10.9. The first kappa shape index (κ1) is 17.3. The number of carbonyl (C=O) groups excluding carboxylic acids is 2. The normalized spacial score (nSPS) is 10.3. The molecule has 0 radical (unpaired) electrons. The second kappa shape index (κ2) is 7.49. The number of halogens is 2. The Bertz CT molecular complexity index is 760. The highest BCUT2D eigenvalue weighted by Crippen LogP contribution is 2.26. The van der Waals surface area contributed by atoms with Gasteiger partial charge in [-0.05, 0) is 42.8 Å². The summed E-state index contributed by atoms with van der Waals surface area (Å²) in [5.41, 5.74) is 2.37. The number of nitrogens with one attached hydrogen (secondary N) is 2. The Balaban J connectivity index is 2.24. The molecule has 0 atom stereocenters. The summed E-state index contributed by atoms with van der Waals surface area (Å²) < 4.78 is 0. The van der Waals surface area contributed by atoms with Gasteiger partial charge in [-0.3, -0.25) is 9.59 Å². The molecule has 0 unspecified atom stereocenters. The average Bonchev–Trinajstić information content (AvgIpc) is 2.50.